The number of benzene rings is 1. The van der Waals surface area contributed by atoms with Gasteiger partial charge >= 0.3 is 0 Å². The average molecular weight is 242 g/mol. The van der Waals surface area contributed by atoms with Crippen LogP contribution < -0.4 is 0 Å². The van der Waals surface area contributed by atoms with Gasteiger partial charge in [0, 0.05) is 12.8 Å². The molecule has 0 spiro atoms. The third-order valence-electron chi connectivity index (χ3n) is 4.16. The van der Waals surface area contributed by atoms with Crippen molar-refractivity contribution < 1.29 is 17.9 Å². The number of hydrogen-bond acceptors (Lipinski definition) is 1. The molecule has 0 bridgehead atoms. The van der Waals surface area contributed by atoms with Gasteiger partial charge in [-0.15, -0.1) is 0 Å². The molecule has 1 saturated heterocycles. The van der Waals surface area contributed by atoms with Crippen LogP contribution in [0.3, 0.4) is 0 Å². The zero-order valence-electron chi connectivity index (χ0n) is 9.47. The fourth-order valence-corrected chi connectivity index (χ4v) is 2.53. The molecule has 1 aliphatic carbocycles. The first-order valence-corrected chi connectivity index (χ1v) is 5.65. The molecule has 1 aliphatic heterocycles. The first kappa shape index (κ1) is 11.1. The van der Waals surface area contributed by atoms with Crippen LogP contribution in [0, 0.1) is 11.2 Å². The molecule has 1 saturated carbocycles. The van der Waals surface area contributed by atoms with Gasteiger partial charge in [0.05, 0.1) is 12.0 Å². The minimum Gasteiger partial charge on any atom is -0.368 e. The maximum Gasteiger partial charge on any atom is 0.257 e. The fourth-order valence-electron chi connectivity index (χ4n) is 2.53. The lowest BCUT2D eigenvalue weighted by Crippen LogP contribution is -2.31. The lowest BCUT2D eigenvalue weighted by molar-refractivity contribution is 0.0329. The van der Waals surface area contributed by atoms with Crippen molar-refractivity contribution in [2.75, 3.05) is 6.61 Å². The Bertz CT molecular complexity index is 450. The van der Waals surface area contributed by atoms with E-state index in [1.54, 1.807) is 19.1 Å². The van der Waals surface area contributed by atoms with Gasteiger partial charge in [-0.3, -0.25) is 0 Å². The minimum absolute atomic E-state index is 0.110. The topological polar surface area (TPSA) is 12.5 Å². The van der Waals surface area contributed by atoms with E-state index in [4.69, 9.17) is 4.74 Å². The van der Waals surface area contributed by atoms with E-state index >= 15 is 0 Å². The van der Waals surface area contributed by atoms with E-state index in [2.05, 4.69) is 0 Å². The molecule has 3 rings (SSSR count). The van der Waals surface area contributed by atoms with Crippen LogP contribution in [0.5, 0.6) is 0 Å². The fraction of sp³-hybridized carbons (Fsp3) is 0.538. The van der Waals surface area contributed by atoms with Crippen molar-refractivity contribution in [3.63, 3.8) is 0 Å². The maximum absolute atomic E-state index is 13.3. The van der Waals surface area contributed by atoms with Gasteiger partial charge in [0.15, 0.2) is 0 Å². The van der Waals surface area contributed by atoms with Crippen molar-refractivity contribution in [2.24, 2.45) is 5.41 Å². The third kappa shape index (κ3) is 1.50. The Morgan fingerprint density at radius 2 is 1.76 bits per heavy atom. The molecular formula is C13H13F3O. The molecule has 0 aromatic heterocycles. The summed E-state index contributed by atoms with van der Waals surface area (Å²) in [6.07, 6.45) is 0.320. The number of epoxide rings is 1. The summed E-state index contributed by atoms with van der Waals surface area (Å²) in [6.45, 7) is 1.94. The van der Waals surface area contributed by atoms with E-state index in [0.29, 0.717) is 13.0 Å². The summed E-state index contributed by atoms with van der Waals surface area (Å²) in [5.41, 5.74) is -0.948. The SMILES string of the molecule is CC1(C2(Cc3ccc(F)cc3)CO2)CC1(F)F. The van der Waals surface area contributed by atoms with E-state index < -0.39 is 16.9 Å². The zero-order valence-corrected chi connectivity index (χ0v) is 9.47. The highest BCUT2D eigenvalue weighted by molar-refractivity contribution is 5.28. The van der Waals surface area contributed by atoms with E-state index in [9.17, 15) is 13.2 Å². The van der Waals surface area contributed by atoms with E-state index in [0.717, 1.165) is 5.56 Å². The molecule has 0 radical (unpaired) electrons. The van der Waals surface area contributed by atoms with E-state index in [1.165, 1.54) is 12.1 Å². The van der Waals surface area contributed by atoms with E-state index in [1.807, 2.05) is 0 Å². The Labute approximate surface area is 97.6 Å². The standard InChI is InChI=1S/C13H13F3O/c1-11(7-13(11,15)16)12(8-17-12)6-9-2-4-10(14)5-3-9/h2-5H,6-8H2,1H3. The Hall–Kier alpha value is -1.03. The molecule has 2 unspecified atom stereocenters. The van der Waals surface area contributed by atoms with Crippen LogP contribution in [-0.4, -0.2) is 18.1 Å². The van der Waals surface area contributed by atoms with Gasteiger partial charge < -0.3 is 4.74 Å². The summed E-state index contributed by atoms with van der Waals surface area (Å²) >= 11 is 0. The molecular weight excluding hydrogens is 229 g/mol. The molecule has 1 aromatic carbocycles. The maximum atomic E-state index is 13.3. The molecule has 2 aliphatic rings. The van der Waals surface area contributed by atoms with Gasteiger partial charge in [-0.25, -0.2) is 13.2 Å². The Kier molecular flexibility index (Phi) is 1.99. The second-order valence-corrected chi connectivity index (χ2v) is 5.30. The zero-order chi connectivity index (χ0) is 12.3. The number of rotatable bonds is 3. The quantitative estimate of drug-likeness (QED) is 0.741. The Morgan fingerprint density at radius 1 is 1.24 bits per heavy atom. The summed E-state index contributed by atoms with van der Waals surface area (Å²) < 4.78 is 44.8. The smallest absolute Gasteiger partial charge is 0.257 e. The van der Waals surface area contributed by atoms with Crippen molar-refractivity contribution in [1.82, 2.24) is 0 Å². The molecule has 0 amide bonds. The summed E-state index contributed by atoms with van der Waals surface area (Å²) in [5.74, 6) is -2.94. The van der Waals surface area contributed by atoms with Gasteiger partial charge in [0.25, 0.3) is 5.92 Å². The van der Waals surface area contributed by atoms with Gasteiger partial charge in [0.1, 0.15) is 11.4 Å². The lowest BCUT2D eigenvalue weighted by atomic mass is 9.85. The van der Waals surface area contributed by atoms with Crippen LogP contribution >= 0.6 is 0 Å². The highest BCUT2D eigenvalue weighted by atomic mass is 19.3. The normalized spacial score (nSPS) is 37.9. The van der Waals surface area contributed by atoms with Crippen LogP contribution in [0.2, 0.25) is 0 Å². The van der Waals surface area contributed by atoms with Crippen LogP contribution in [0.15, 0.2) is 24.3 Å². The molecule has 1 nitrogen and oxygen atoms in total. The van der Waals surface area contributed by atoms with Gasteiger partial charge in [-0.2, -0.15) is 0 Å². The number of ether oxygens (including phenoxy) is 1. The number of hydrogen-bond donors (Lipinski definition) is 0. The van der Waals surface area contributed by atoms with E-state index in [-0.39, 0.29) is 12.2 Å². The molecule has 1 aromatic rings. The summed E-state index contributed by atoms with van der Waals surface area (Å²) in [5, 5.41) is 0. The molecule has 2 atom stereocenters. The number of halogens is 3. The lowest BCUT2D eigenvalue weighted by Gasteiger charge is -2.20. The van der Waals surface area contributed by atoms with Crippen molar-refractivity contribution in [3.8, 4) is 0 Å². The molecule has 1 heterocycles. The largest absolute Gasteiger partial charge is 0.368 e. The van der Waals surface area contributed by atoms with Gasteiger partial charge in [0.2, 0.25) is 0 Å². The predicted octanol–water partition coefficient (Wildman–Crippen LogP) is 3.18. The highest BCUT2D eigenvalue weighted by Gasteiger charge is 2.81. The summed E-state index contributed by atoms with van der Waals surface area (Å²) in [7, 11) is 0. The van der Waals surface area contributed by atoms with Crippen molar-refractivity contribution >= 4 is 0 Å². The monoisotopic (exact) mass is 242 g/mol. The van der Waals surface area contributed by atoms with Gasteiger partial charge in [-0.1, -0.05) is 19.1 Å². The average Bonchev–Trinajstić information content (AvgIpc) is 3.11. The van der Waals surface area contributed by atoms with Gasteiger partial charge in [-0.05, 0) is 17.7 Å². The number of alkyl halides is 2. The minimum atomic E-state index is -2.62. The third-order valence-corrected chi connectivity index (χ3v) is 4.16. The molecule has 0 N–H and O–H groups in total. The molecule has 17 heavy (non-hydrogen) atoms. The molecule has 92 valence electrons. The predicted molar refractivity (Wildman–Crippen MR) is 56.5 cm³/mol. The first-order valence-electron chi connectivity index (χ1n) is 5.65. The van der Waals surface area contributed by atoms with Crippen LogP contribution in [0.4, 0.5) is 13.2 Å². The molecule has 2 fully saturated rings. The summed E-state index contributed by atoms with van der Waals surface area (Å²) in [4.78, 5) is 0. The van der Waals surface area contributed by atoms with Crippen LogP contribution in [0.1, 0.15) is 18.9 Å². The van der Waals surface area contributed by atoms with Crippen molar-refractivity contribution in [3.05, 3.63) is 35.6 Å². The van der Waals surface area contributed by atoms with Crippen molar-refractivity contribution in [1.29, 1.82) is 0 Å². The van der Waals surface area contributed by atoms with Crippen LogP contribution in [-0.2, 0) is 11.2 Å². The Balaban J connectivity index is 1.80. The Morgan fingerprint density at radius 3 is 2.18 bits per heavy atom. The first-order chi connectivity index (χ1) is 7.89. The second-order valence-electron chi connectivity index (χ2n) is 5.30. The highest BCUT2D eigenvalue weighted by Crippen LogP contribution is 2.70. The van der Waals surface area contributed by atoms with Crippen LogP contribution in [0.25, 0.3) is 0 Å². The second kappa shape index (κ2) is 3.05. The molecule has 4 heteroatoms. The summed E-state index contributed by atoms with van der Waals surface area (Å²) in [6, 6.07) is 5.95. The van der Waals surface area contributed by atoms with Crippen molar-refractivity contribution in [2.45, 2.75) is 31.3 Å².